The molecule has 2 rings (SSSR count). The molecule has 0 spiro atoms. The minimum absolute atomic E-state index is 0.0185. The summed E-state index contributed by atoms with van der Waals surface area (Å²) in [5, 5.41) is 0. The lowest BCUT2D eigenvalue weighted by molar-refractivity contribution is 0.0638. The second kappa shape index (κ2) is 9.39. The third-order valence-corrected chi connectivity index (χ3v) is 9.89. The van der Waals surface area contributed by atoms with Crippen LogP contribution in [0.4, 0.5) is 0 Å². The van der Waals surface area contributed by atoms with Gasteiger partial charge < -0.3 is 4.90 Å². The van der Waals surface area contributed by atoms with Crippen molar-refractivity contribution < 1.29 is 9.00 Å². The van der Waals surface area contributed by atoms with Crippen LogP contribution in [0.25, 0.3) is 0 Å². The highest BCUT2D eigenvalue weighted by atomic mass is 32.2. The first-order valence-corrected chi connectivity index (χ1v) is 15.1. The van der Waals surface area contributed by atoms with Gasteiger partial charge in [0.05, 0.1) is 29.3 Å². The molecule has 0 aromatic heterocycles. The van der Waals surface area contributed by atoms with Crippen LogP contribution in [0.2, 0.25) is 19.6 Å². The summed E-state index contributed by atoms with van der Waals surface area (Å²) in [5.74, 6) is -0.0185. The van der Waals surface area contributed by atoms with Gasteiger partial charge in [0.1, 0.15) is 0 Å². The summed E-state index contributed by atoms with van der Waals surface area (Å²) in [6.45, 7) is 17.3. The highest BCUT2D eigenvalue weighted by Gasteiger charge is 2.33. The van der Waals surface area contributed by atoms with Crippen LogP contribution in [-0.2, 0) is 10.8 Å². The van der Waals surface area contributed by atoms with E-state index >= 15 is 0 Å². The minimum Gasteiger partial charge on any atom is -0.334 e. The number of benzene rings is 2. The molecule has 0 bridgehead atoms. The number of rotatable bonds is 7. The van der Waals surface area contributed by atoms with Crippen LogP contribution in [-0.4, -0.2) is 35.2 Å². The van der Waals surface area contributed by atoms with Crippen LogP contribution in [0.1, 0.15) is 56.1 Å². The van der Waals surface area contributed by atoms with Gasteiger partial charge in [0.25, 0.3) is 5.91 Å². The summed E-state index contributed by atoms with van der Waals surface area (Å²) in [6.07, 6.45) is 0. The molecule has 0 aliphatic heterocycles. The molecule has 0 saturated carbocycles. The third-order valence-electron chi connectivity index (χ3n) is 5.54. The van der Waals surface area contributed by atoms with Crippen molar-refractivity contribution in [2.75, 3.05) is 0 Å². The van der Waals surface area contributed by atoms with Crippen LogP contribution in [0.3, 0.4) is 0 Å². The highest BCUT2D eigenvalue weighted by molar-refractivity contribution is 7.85. The van der Waals surface area contributed by atoms with Crippen LogP contribution >= 0.6 is 0 Å². The van der Waals surface area contributed by atoms with Gasteiger partial charge in [-0.2, -0.15) is 0 Å². The van der Waals surface area contributed by atoms with Crippen molar-refractivity contribution in [3.05, 3.63) is 59.7 Å². The van der Waals surface area contributed by atoms with Gasteiger partial charge in [-0.3, -0.25) is 4.79 Å². The van der Waals surface area contributed by atoms with Gasteiger partial charge in [0.15, 0.2) is 0 Å². The van der Waals surface area contributed by atoms with E-state index in [0.717, 1.165) is 10.5 Å². The molecule has 0 fully saturated rings. The van der Waals surface area contributed by atoms with Crippen LogP contribution in [0, 0.1) is 0 Å². The summed E-state index contributed by atoms with van der Waals surface area (Å²) in [7, 11) is -2.98. The topological polar surface area (TPSA) is 37.4 Å². The summed E-state index contributed by atoms with van der Waals surface area (Å²) >= 11 is 0. The number of amides is 1. The van der Waals surface area contributed by atoms with E-state index in [1.807, 2.05) is 75.1 Å². The van der Waals surface area contributed by atoms with E-state index in [4.69, 9.17) is 0 Å². The molecule has 1 amide bonds. The Morgan fingerprint density at radius 3 is 1.90 bits per heavy atom. The normalized spacial score (nSPS) is 14.1. The average molecular weight is 430 g/mol. The Kier molecular flexibility index (Phi) is 7.63. The van der Waals surface area contributed by atoms with Gasteiger partial charge >= 0.3 is 0 Å². The number of hydrogen-bond donors (Lipinski definition) is 0. The molecule has 0 N–H and O–H groups in total. The number of carbonyl (C=O) groups excluding carboxylic acids is 1. The van der Waals surface area contributed by atoms with Crippen molar-refractivity contribution >= 4 is 24.8 Å². The predicted octanol–water partition coefficient (Wildman–Crippen LogP) is 6.09. The van der Waals surface area contributed by atoms with E-state index in [9.17, 15) is 9.00 Å². The standard InChI is InChI=1S/C24H35NO2SSi/c1-17(2)25(18(3)4)24(26)23-21(19(5)29(6,7)8)15-12-16-22(23)28(27)20-13-10-9-11-14-20/h9-19H,1-8H3/t19-,28-/m1/s1. The molecule has 2 aromatic rings. The second-order valence-electron chi connectivity index (χ2n) is 9.29. The lowest BCUT2D eigenvalue weighted by Gasteiger charge is -2.34. The summed E-state index contributed by atoms with van der Waals surface area (Å²) < 4.78 is 13.5. The van der Waals surface area contributed by atoms with Gasteiger partial charge in [-0.25, -0.2) is 4.21 Å². The smallest absolute Gasteiger partial charge is 0.255 e. The van der Waals surface area contributed by atoms with E-state index < -0.39 is 18.9 Å². The quantitative estimate of drug-likeness (QED) is 0.499. The van der Waals surface area contributed by atoms with Crippen molar-refractivity contribution in [1.82, 2.24) is 4.90 Å². The molecule has 3 nitrogen and oxygen atoms in total. The molecule has 2 aromatic carbocycles. The first kappa shape index (κ1) is 23.6. The maximum atomic E-state index is 13.8. The first-order chi connectivity index (χ1) is 13.5. The van der Waals surface area contributed by atoms with Gasteiger partial charge in [0, 0.05) is 17.0 Å². The molecular weight excluding hydrogens is 394 g/mol. The zero-order valence-electron chi connectivity index (χ0n) is 19.0. The Labute approximate surface area is 180 Å². The van der Waals surface area contributed by atoms with Crippen LogP contribution in [0.15, 0.2) is 58.3 Å². The molecule has 0 heterocycles. The van der Waals surface area contributed by atoms with Crippen molar-refractivity contribution in [2.24, 2.45) is 0 Å². The fraction of sp³-hybridized carbons (Fsp3) is 0.458. The largest absolute Gasteiger partial charge is 0.334 e. The van der Waals surface area contributed by atoms with Crippen LogP contribution < -0.4 is 0 Å². The minimum atomic E-state index is -1.57. The van der Waals surface area contributed by atoms with Crippen molar-refractivity contribution in [3.8, 4) is 0 Å². The first-order valence-electron chi connectivity index (χ1n) is 10.4. The predicted molar refractivity (Wildman–Crippen MR) is 126 cm³/mol. The van der Waals surface area contributed by atoms with E-state index in [1.165, 1.54) is 0 Å². The monoisotopic (exact) mass is 429 g/mol. The molecule has 0 aliphatic carbocycles. The van der Waals surface area contributed by atoms with Gasteiger partial charge in [-0.05, 0) is 57.0 Å². The average Bonchev–Trinajstić information content (AvgIpc) is 2.65. The van der Waals surface area contributed by atoms with Gasteiger partial charge in [-0.1, -0.05) is 56.9 Å². The molecule has 29 heavy (non-hydrogen) atoms. The van der Waals surface area contributed by atoms with E-state index in [-0.39, 0.29) is 23.5 Å². The number of hydrogen-bond acceptors (Lipinski definition) is 2. The lowest BCUT2D eigenvalue weighted by atomic mass is 10.0. The Bertz CT molecular complexity index is 864. The van der Waals surface area contributed by atoms with Crippen molar-refractivity contribution in [2.45, 2.75) is 81.7 Å². The molecule has 0 saturated heterocycles. The fourth-order valence-corrected chi connectivity index (χ4v) is 6.05. The Balaban J connectivity index is 2.75. The van der Waals surface area contributed by atoms with E-state index in [1.54, 1.807) is 0 Å². The molecule has 2 atom stereocenters. The fourth-order valence-electron chi connectivity index (χ4n) is 3.62. The molecule has 0 aliphatic rings. The number of carbonyl (C=O) groups is 1. The van der Waals surface area contributed by atoms with Crippen LogP contribution in [0.5, 0.6) is 0 Å². The zero-order valence-corrected chi connectivity index (χ0v) is 20.8. The SMILES string of the molecule is CC(C)N(C(=O)c1c([C@@H](C)[Si](C)(C)C)cccc1[S@](=O)c1ccccc1)C(C)C. The summed E-state index contributed by atoms with van der Waals surface area (Å²) in [5.41, 5.74) is 1.93. The Morgan fingerprint density at radius 1 is 0.862 bits per heavy atom. The Morgan fingerprint density at radius 2 is 1.41 bits per heavy atom. The summed E-state index contributed by atoms with van der Waals surface area (Å²) in [6, 6.07) is 15.4. The molecule has 0 radical (unpaired) electrons. The zero-order chi connectivity index (χ0) is 21.9. The van der Waals surface area contributed by atoms with E-state index in [0.29, 0.717) is 10.5 Å². The second-order valence-corrected chi connectivity index (χ2v) is 16.3. The Hall–Kier alpha value is -1.72. The molecular formula is C24H35NO2SSi. The molecule has 158 valence electrons. The maximum absolute atomic E-state index is 13.8. The third kappa shape index (κ3) is 5.26. The van der Waals surface area contributed by atoms with Crippen molar-refractivity contribution in [3.63, 3.8) is 0 Å². The lowest BCUT2D eigenvalue weighted by Crippen LogP contribution is -2.43. The van der Waals surface area contributed by atoms with Crippen molar-refractivity contribution in [1.29, 1.82) is 0 Å². The number of nitrogens with zero attached hydrogens (tertiary/aromatic N) is 1. The highest BCUT2D eigenvalue weighted by Crippen LogP contribution is 2.34. The van der Waals surface area contributed by atoms with Gasteiger partial charge in [-0.15, -0.1) is 0 Å². The van der Waals surface area contributed by atoms with Gasteiger partial charge in [0.2, 0.25) is 0 Å². The van der Waals surface area contributed by atoms with E-state index in [2.05, 4.69) is 32.6 Å². The summed E-state index contributed by atoms with van der Waals surface area (Å²) in [4.78, 5) is 17.1. The molecule has 5 heteroatoms. The maximum Gasteiger partial charge on any atom is 0.255 e. The molecule has 0 unspecified atom stereocenters.